The SMILES string of the molecule is CN1CCN(c2ccc(CNC(=O)c3cccc(S(=O)(=O)N(C)C4CCCCC4)c3)cn2)CC1. The first-order valence-electron chi connectivity index (χ1n) is 12.1. The summed E-state index contributed by atoms with van der Waals surface area (Å²) in [6.07, 6.45) is 6.83. The van der Waals surface area contributed by atoms with Gasteiger partial charge in [-0.1, -0.05) is 31.4 Å². The van der Waals surface area contributed by atoms with Crippen LogP contribution in [0.4, 0.5) is 5.82 Å². The molecule has 184 valence electrons. The van der Waals surface area contributed by atoms with Gasteiger partial charge in [-0.2, -0.15) is 4.31 Å². The van der Waals surface area contributed by atoms with Crippen molar-refractivity contribution in [3.8, 4) is 0 Å². The van der Waals surface area contributed by atoms with Crippen LogP contribution in [0.1, 0.15) is 48.0 Å². The van der Waals surface area contributed by atoms with Crippen LogP contribution < -0.4 is 10.2 Å². The van der Waals surface area contributed by atoms with Crippen LogP contribution in [0.2, 0.25) is 0 Å². The fourth-order valence-corrected chi connectivity index (χ4v) is 6.10. The number of nitrogens with zero attached hydrogens (tertiary/aromatic N) is 4. The highest BCUT2D eigenvalue weighted by Gasteiger charge is 2.29. The first-order chi connectivity index (χ1) is 16.3. The lowest BCUT2D eigenvalue weighted by Gasteiger charge is -2.33. The van der Waals surface area contributed by atoms with Crippen LogP contribution in [0, 0.1) is 0 Å². The number of aromatic nitrogens is 1. The molecule has 0 bridgehead atoms. The Kier molecular flexibility index (Phi) is 7.85. The van der Waals surface area contributed by atoms with Gasteiger partial charge in [0.25, 0.3) is 5.91 Å². The number of hydrogen-bond acceptors (Lipinski definition) is 6. The van der Waals surface area contributed by atoms with Crippen molar-refractivity contribution in [3.05, 3.63) is 53.7 Å². The molecule has 1 aliphatic carbocycles. The third kappa shape index (κ3) is 5.76. The van der Waals surface area contributed by atoms with Gasteiger partial charge in [-0.3, -0.25) is 4.79 Å². The Bertz CT molecular complexity index is 1080. The largest absolute Gasteiger partial charge is 0.354 e. The summed E-state index contributed by atoms with van der Waals surface area (Å²) < 4.78 is 27.8. The molecule has 1 aliphatic heterocycles. The molecule has 1 saturated carbocycles. The van der Waals surface area contributed by atoms with E-state index in [0.717, 1.165) is 69.7 Å². The molecule has 0 spiro atoms. The number of pyridine rings is 1. The smallest absolute Gasteiger partial charge is 0.251 e. The second-order valence-electron chi connectivity index (χ2n) is 9.34. The minimum absolute atomic E-state index is 0.0255. The van der Waals surface area contributed by atoms with Gasteiger partial charge in [0.2, 0.25) is 10.0 Å². The van der Waals surface area contributed by atoms with Crippen LogP contribution >= 0.6 is 0 Å². The van der Waals surface area contributed by atoms with Gasteiger partial charge in [-0.05, 0) is 49.7 Å². The van der Waals surface area contributed by atoms with Crippen molar-refractivity contribution < 1.29 is 13.2 Å². The third-order valence-electron chi connectivity index (χ3n) is 6.95. The van der Waals surface area contributed by atoms with Crippen molar-refractivity contribution in [1.29, 1.82) is 0 Å². The average molecular weight is 486 g/mol. The van der Waals surface area contributed by atoms with E-state index in [2.05, 4.69) is 27.1 Å². The summed E-state index contributed by atoms with van der Waals surface area (Å²) in [5.74, 6) is 0.642. The maximum Gasteiger partial charge on any atom is 0.251 e. The Hall–Kier alpha value is -2.49. The van der Waals surface area contributed by atoms with E-state index < -0.39 is 10.0 Å². The molecule has 0 unspecified atom stereocenters. The molecule has 2 aliphatic rings. The van der Waals surface area contributed by atoms with Crippen molar-refractivity contribution in [3.63, 3.8) is 0 Å². The highest BCUT2D eigenvalue weighted by Crippen LogP contribution is 2.26. The summed E-state index contributed by atoms with van der Waals surface area (Å²) in [5, 5.41) is 2.88. The summed E-state index contributed by atoms with van der Waals surface area (Å²) in [6.45, 7) is 4.27. The number of rotatable bonds is 7. The van der Waals surface area contributed by atoms with Crippen LogP contribution in [0.25, 0.3) is 0 Å². The highest BCUT2D eigenvalue weighted by molar-refractivity contribution is 7.89. The number of piperazine rings is 1. The fraction of sp³-hybridized carbons (Fsp3) is 0.520. The minimum atomic E-state index is -3.65. The lowest BCUT2D eigenvalue weighted by molar-refractivity contribution is 0.0950. The fourth-order valence-electron chi connectivity index (χ4n) is 4.63. The molecule has 8 nitrogen and oxygen atoms in total. The molecule has 4 rings (SSSR count). The zero-order chi connectivity index (χ0) is 24.1. The topological polar surface area (TPSA) is 85.8 Å². The van der Waals surface area contributed by atoms with Crippen molar-refractivity contribution in [2.75, 3.05) is 45.2 Å². The third-order valence-corrected chi connectivity index (χ3v) is 8.86. The normalized spacial score (nSPS) is 18.3. The number of hydrogen-bond donors (Lipinski definition) is 1. The summed E-state index contributed by atoms with van der Waals surface area (Å²) >= 11 is 0. The van der Waals surface area contributed by atoms with Crippen LogP contribution in [-0.4, -0.2) is 74.8 Å². The van der Waals surface area contributed by atoms with Gasteiger partial charge in [-0.25, -0.2) is 13.4 Å². The molecular formula is C25H35N5O3S. The molecular weight excluding hydrogens is 450 g/mol. The second-order valence-corrected chi connectivity index (χ2v) is 11.3. The quantitative estimate of drug-likeness (QED) is 0.649. The van der Waals surface area contributed by atoms with E-state index in [1.807, 2.05) is 12.1 Å². The Morgan fingerprint density at radius 1 is 1.09 bits per heavy atom. The van der Waals surface area contributed by atoms with Crippen LogP contribution in [-0.2, 0) is 16.6 Å². The van der Waals surface area contributed by atoms with E-state index in [1.165, 1.54) is 10.4 Å². The molecule has 34 heavy (non-hydrogen) atoms. The van der Waals surface area contributed by atoms with E-state index in [9.17, 15) is 13.2 Å². The van der Waals surface area contributed by atoms with Gasteiger partial charge in [0.1, 0.15) is 5.82 Å². The van der Waals surface area contributed by atoms with Crippen molar-refractivity contribution in [2.45, 2.75) is 49.6 Å². The van der Waals surface area contributed by atoms with Gasteiger partial charge >= 0.3 is 0 Å². The number of carbonyl (C=O) groups is 1. The number of benzene rings is 1. The van der Waals surface area contributed by atoms with E-state index in [1.54, 1.807) is 31.4 Å². The van der Waals surface area contributed by atoms with Gasteiger partial charge in [0.05, 0.1) is 4.90 Å². The zero-order valence-electron chi connectivity index (χ0n) is 20.1. The molecule has 1 amide bonds. The van der Waals surface area contributed by atoms with E-state index >= 15 is 0 Å². The standard InChI is InChI=1S/C25H35N5O3S/c1-28-13-15-30(16-14-28)24-12-11-20(18-26-24)19-27-25(31)21-7-6-10-23(17-21)34(32,33)29(2)22-8-4-3-5-9-22/h6-7,10-12,17-18,22H,3-5,8-9,13-16,19H2,1-2H3,(H,27,31). The Morgan fingerprint density at radius 3 is 2.50 bits per heavy atom. The molecule has 1 saturated heterocycles. The van der Waals surface area contributed by atoms with Crippen molar-refractivity contribution >= 4 is 21.7 Å². The molecule has 1 aromatic carbocycles. The Labute approximate surface area is 203 Å². The van der Waals surface area contributed by atoms with Crippen LogP contribution in [0.15, 0.2) is 47.5 Å². The first-order valence-corrected chi connectivity index (χ1v) is 13.5. The Balaban J connectivity index is 1.37. The monoisotopic (exact) mass is 485 g/mol. The minimum Gasteiger partial charge on any atom is -0.354 e. The number of sulfonamides is 1. The lowest BCUT2D eigenvalue weighted by atomic mass is 9.96. The number of likely N-dealkylation sites (N-methyl/N-ethyl adjacent to an activating group) is 1. The van der Waals surface area contributed by atoms with Gasteiger partial charge in [0, 0.05) is 57.6 Å². The van der Waals surface area contributed by atoms with Gasteiger partial charge in [0.15, 0.2) is 0 Å². The molecule has 2 heterocycles. The van der Waals surface area contributed by atoms with E-state index in [0.29, 0.717) is 12.1 Å². The zero-order valence-corrected chi connectivity index (χ0v) is 20.9. The molecule has 9 heteroatoms. The molecule has 2 aromatic rings. The van der Waals surface area contributed by atoms with E-state index in [4.69, 9.17) is 0 Å². The summed E-state index contributed by atoms with van der Waals surface area (Å²) in [6, 6.07) is 10.3. The highest BCUT2D eigenvalue weighted by atomic mass is 32.2. The Morgan fingerprint density at radius 2 is 1.82 bits per heavy atom. The van der Waals surface area contributed by atoms with Crippen molar-refractivity contribution in [1.82, 2.24) is 19.5 Å². The number of anilines is 1. The first kappa shape index (κ1) is 24.6. The van der Waals surface area contributed by atoms with Gasteiger partial charge in [-0.15, -0.1) is 0 Å². The maximum atomic E-state index is 13.1. The summed E-state index contributed by atoms with van der Waals surface area (Å²) in [7, 11) is 0.126. The molecule has 1 N–H and O–H groups in total. The molecule has 0 atom stereocenters. The maximum absolute atomic E-state index is 13.1. The summed E-state index contributed by atoms with van der Waals surface area (Å²) in [4.78, 5) is 22.0. The number of amides is 1. The predicted molar refractivity (Wildman–Crippen MR) is 133 cm³/mol. The van der Waals surface area contributed by atoms with Crippen LogP contribution in [0.3, 0.4) is 0 Å². The second kappa shape index (κ2) is 10.8. The number of carbonyl (C=O) groups excluding carboxylic acids is 1. The molecule has 2 fully saturated rings. The summed E-state index contributed by atoms with van der Waals surface area (Å²) in [5.41, 5.74) is 1.23. The molecule has 1 aromatic heterocycles. The average Bonchev–Trinajstić information content (AvgIpc) is 2.88. The molecule has 0 radical (unpaired) electrons. The van der Waals surface area contributed by atoms with Crippen LogP contribution in [0.5, 0.6) is 0 Å². The number of nitrogens with one attached hydrogen (secondary N) is 1. The van der Waals surface area contributed by atoms with Gasteiger partial charge < -0.3 is 15.1 Å². The lowest BCUT2D eigenvalue weighted by Crippen LogP contribution is -2.44. The predicted octanol–water partition coefficient (Wildman–Crippen LogP) is 2.72. The van der Waals surface area contributed by atoms with E-state index in [-0.39, 0.29) is 16.8 Å². The van der Waals surface area contributed by atoms with Crippen molar-refractivity contribution in [2.24, 2.45) is 0 Å².